The van der Waals surface area contributed by atoms with E-state index in [1.165, 1.54) is 23.1 Å². The van der Waals surface area contributed by atoms with Gasteiger partial charge in [0.2, 0.25) is 0 Å². The summed E-state index contributed by atoms with van der Waals surface area (Å²) in [4.78, 5) is 0. The van der Waals surface area contributed by atoms with Gasteiger partial charge in [0.05, 0.1) is 11.7 Å². The van der Waals surface area contributed by atoms with Crippen molar-refractivity contribution in [2.24, 2.45) is 0 Å². The summed E-state index contributed by atoms with van der Waals surface area (Å²) in [5, 5.41) is 4.31. The van der Waals surface area contributed by atoms with Crippen molar-refractivity contribution in [2.75, 3.05) is 0 Å². The lowest BCUT2D eigenvalue weighted by atomic mass is 10.1. The zero-order chi connectivity index (χ0) is 9.26. The minimum absolute atomic E-state index is 1.12. The molecule has 0 radical (unpaired) electrons. The summed E-state index contributed by atoms with van der Waals surface area (Å²) in [6, 6.07) is 4.28. The molecular formula is C11H14N2. The van der Waals surface area contributed by atoms with Crippen molar-refractivity contribution in [3.63, 3.8) is 0 Å². The molecule has 2 aromatic rings. The summed E-state index contributed by atoms with van der Waals surface area (Å²) in [6.07, 6.45) is 6.33. The molecule has 0 aliphatic rings. The Balaban J connectivity index is 2.55. The summed E-state index contributed by atoms with van der Waals surface area (Å²) < 4.78 is 1.96. The molecule has 0 unspecified atom stereocenters. The van der Waals surface area contributed by atoms with Gasteiger partial charge in [0.1, 0.15) is 0 Å². The molecule has 2 heterocycles. The van der Waals surface area contributed by atoms with Crippen molar-refractivity contribution in [3.05, 3.63) is 35.7 Å². The van der Waals surface area contributed by atoms with Gasteiger partial charge in [-0.05, 0) is 30.5 Å². The number of aryl methyl sites for hydroxylation is 2. The van der Waals surface area contributed by atoms with Crippen molar-refractivity contribution < 1.29 is 0 Å². The molecule has 13 heavy (non-hydrogen) atoms. The zero-order valence-electron chi connectivity index (χ0n) is 8.12. The predicted octanol–water partition coefficient (Wildman–Crippen LogP) is 2.60. The van der Waals surface area contributed by atoms with Crippen LogP contribution in [0.4, 0.5) is 0 Å². The largest absolute Gasteiger partial charge is 0.240 e. The van der Waals surface area contributed by atoms with Crippen LogP contribution in [0.1, 0.15) is 24.5 Å². The number of hydrogen-bond donors (Lipinski definition) is 0. The maximum absolute atomic E-state index is 4.31. The third-order valence-corrected chi connectivity index (χ3v) is 2.26. The third kappa shape index (κ3) is 1.44. The highest BCUT2D eigenvalue weighted by Crippen LogP contribution is 2.13. The highest BCUT2D eigenvalue weighted by molar-refractivity contribution is 5.54. The van der Waals surface area contributed by atoms with Crippen LogP contribution in [-0.2, 0) is 6.42 Å². The lowest BCUT2D eigenvalue weighted by Crippen LogP contribution is -1.88. The monoisotopic (exact) mass is 174 g/mol. The maximum Gasteiger partial charge on any atom is 0.0693 e. The molecule has 0 aromatic carbocycles. The summed E-state index contributed by atoms with van der Waals surface area (Å²) >= 11 is 0. The zero-order valence-corrected chi connectivity index (χ0v) is 8.12. The molecule has 0 amide bonds. The molecule has 0 atom stereocenters. The first-order valence-corrected chi connectivity index (χ1v) is 4.74. The van der Waals surface area contributed by atoms with Crippen LogP contribution in [0.2, 0.25) is 0 Å². The molecule has 0 aliphatic carbocycles. The van der Waals surface area contributed by atoms with Gasteiger partial charge in [0.15, 0.2) is 0 Å². The van der Waals surface area contributed by atoms with E-state index >= 15 is 0 Å². The highest BCUT2D eigenvalue weighted by atomic mass is 15.2. The summed E-state index contributed by atoms with van der Waals surface area (Å²) in [5.41, 5.74) is 3.84. The third-order valence-electron chi connectivity index (χ3n) is 2.26. The SMILES string of the molecule is CCCc1cnn2cc(C)ccc12. The Morgan fingerprint density at radius 3 is 3.00 bits per heavy atom. The molecule has 0 spiro atoms. The molecule has 0 fully saturated rings. The lowest BCUT2D eigenvalue weighted by molar-refractivity contribution is 0.929. The Hall–Kier alpha value is -1.31. The minimum atomic E-state index is 1.12. The van der Waals surface area contributed by atoms with Crippen LogP contribution >= 0.6 is 0 Å². The Labute approximate surface area is 78.2 Å². The van der Waals surface area contributed by atoms with Gasteiger partial charge in [-0.2, -0.15) is 5.10 Å². The van der Waals surface area contributed by atoms with E-state index in [2.05, 4.69) is 37.3 Å². The van der Waals surface area contributed by atoms with Gasteiger partial charge in [0.25, 0.3) is 0 Å². The average Bonchev–Trinajstić information content (AvgIpc) is 2.49. The molecule has 2 aromatic heterocycles. The van der Waals surface area contributed by atoms with Gasteiger partial charge in [-0.3, -0.25) is 0 Å². The van der Waals surface area contributed by atoms with Crippen LogP contribution in [0.15, 0.2) is 24.5 Å². The van der Waals surface area contributed by atoms with Crippen LogP contribution < -0.4 is 0 Å². The number of hydrogen-bond acceptors (Lipinski definition) is 1. The van der Waals surface area contributed by atoms with E-state index < -0.39 is 0 Å². The fourth-order valence-electron chi connectivity index (χ4n) is 1.60. The second-order valence-electron chi connectivity index (χ2n) is 3.46. The second-order valence-corrected chi connectivity index (χ2v) is 3.46. The van der Waals surface area contributed by atoms with Crippen LogP contribution in [0.5, 0.6) is 0 Å². The molecular weight excluding hydrogens is 160 g/mol. The minimum Gasteiger partial charge on any atom is -0.240 e. The normalized spacial score (nSPS) is 10.9. The van der Waals surface area contributed by atoms with Gasteiger partial charge in [-0.15, -0.1) is 0 Å². The molecule has 0 bridgehead atoms. The van der Waals surface area contributed by atoms with E-state index in [4.69, 9.17) is 0 Å². The smallest absolute Gasteiger partial charge is 0.0693 e. The first-order chi connectivity index (χ1) is 6.31. The average molecular weight is 174 g/mol. The number of fused-ring (bicyclic) bond motifs is 1. The Morgan fingerprint density at radius 2 is 2.23 bits per heavy atom. The van der Waals surface area contributed by atoms with Crippen molar-refractivity contribution in [2.45, 2.75) is 26.7 Å². The number of aromatic nitrogens is 2. The van der Waals surface area contributed by atoms with E-state index in [0.29, 0.717) is 0 Å². The van der Waals surface area contributed by atoms with Crippen molar-refractivity contribution >= 4 is 5.52 Å². The number of pyridine rings is 1. The van der Waals surface area contributed by atoms with Crippen LogP contribution in [0.25, 0.3) is 5.52 Å². The van der Waals surface area contributed by atoms with Crippen LogP contribution in [0.3, 0.4) is 0 Å². The topological polar surface area (TPSA) is 17.3 Å². The van der Waals surface area contributed by atoms with Gasteiger partial charge in [0, 0.05) is 6.20 Å². The molecule has 0 saturated carbocycles. The molecule has 2 heteroatoms. The van der Waals surface area contributed by atoms with Crippen LogP contribution in [-0.4, -0.2) is 9.61 Å². The van der Waals surface area contributed by atoms with Crippen molar-refractivity contribution in [3.8, 4) is 0 Å². The fourth-order valence-corrected chi connectivity index (χ4v) is 1.60. The standard InChI is InChI=1S/C11H14N2/c1-3-4-10-7-12-13-8-9(2)5-6-11(10)13/h5-8H,3-4H2,1-2H3. The number of rotatable bonds is 2. The second kappa shape index (κ2) is 3.21. The highest BCUT2D eigenvalue weighted by Gasteiger charge is 2.01. The Kier molecular flexibility index (Phi) is 2.05. The lowest BCUT2D eigenvalue weighted by Gasteiger charge is -1.97. The van der Waals surface area contributed by atoms with Gasteiger partial charge < -0.3 is 0 Å². The fraction of sp³-hybridized carbons (Fsp3) is 0.364. The van der Waals surface area contributed by atoms with E-state index in [-0.39, 0.29) is 0 Å². The molecule has 0 N–H and O–H groups in total. The Morgan fingerprint density at radius 1 is 1.38 bits per heavy atom. The van der Waals surface area contributed by atoms with E-state index in [0.717, 1.165) is 6.42 Å². The van der Waals surface area contributed by atoms with Gasteiger partial charge >= 0.3 is 0 Å². The van der Waals surface area contributed by atoms with Crippen LogP contribution in [0, 0.1) is 6.92 Å². The Bertz CT molecular complexity index is 415. The molecule has 68 valence electrons. The van der Waals surface area contributed by atoms with Gasteiger partial charge in [-0.1, -0.05) is 19.4 Å². The molecule has 0 saturated heterocycles. The maximum atomic E-state index is 4.31. The quantitative estimate of drug-likeness (QED) is 0.684. The molecule has 2 nitrogen and oxygen atoms in total. The van der Waals surface area contributed by atoms with Crippen molar-refractivity contribution in [1.82, 2.24) is 9.61 Å². The first kappa shape index (κ1) is 8.30. The number of nitrogens with zero attached hydrogens (tertiary/aromatic N) is 2. The first-order valence-electron chi connectivity index (χ1n) is 4.74. The summed E-state index contributed by atoms with van der Waals surface area (Å²) in [6.45, 7) is 4.28. The van der Waals surface area contributed by atoms with Gasteiger partial charge in [-0.25, -0.2) is 4.52 Å². The summed E-state index contributed by atoms with van der Waals surface area (Å²) in [7, 11) is 0. The van der Waals surface area contributed by atoms with E-state index in [1.807, 2.05) is 10.7 Å². The van der Waals surface area contributed by atoms with E-state index in [1.54, 1.807) is 0 Å². The van der Waals surface area contributed by atoms with Crippen molar-refractivity contribution in [1.29, 1.82) is 0 Å². The summed E-state index contributed by atoms with van der Waals surface area (Å²) in [5.74, 6) is 0. The molecule has 0 aliphatic heterocycles. The predicted molar refractivity (Wildman–Crippen MR) is 53.9 cm³/mol. The molecule has 2 rings (SSSR count). The van der Waals surface area contributed by atoms with E-state index in [9.17, 15) is 0 Å².